The third-order valence-corrected chi connectivity index (χ3v) is 2.50. The van der Waals surface area contributed by atoms with Crippen LogP contribution in [-0.4, -0.2) is 34.1 Å². The Hall–Kier alpha value is -2.37. The normalized spacial score (nSPS) is 11.9. The molecule has 0 fully saturated rings. The van der Waals surface area contributed by atoms with Crippen LogP contribution < -0.4 is 5.32 Å². The third kappa shape index (κ3) is 2.48. The van der Waals surface area contributed by atoms with Crippen molar-refractivity contribution in [2.24, 2.45) is 0 Å². The van der Waals surface area contributed by atoms with Crippen molar-refractivity contribution >= 4 is 11.7 Å². The lowest BCUT2D eigenvalue weighted by Crippen LogP contribution is -2.27. The van der Waals surface area contributed by atoms with Crippen LogP contribution in [0.4, 0.5) is 5.69 Å². The molecule has 0 aliphatic rings. The molecule has 0 saturated carbocycles. The van der Waals surface area contributed by atoms with Gasteiger partial charge in [0, 0.05) is 0 Å². The predicted octanol–water partition coefficient (Wildman–Crippen LogP) is 1.24. The van der Waals surface area contributed by atoms with Crippen molar-refractivity contribution in [1.82, 2.24) is 15.0 Å². The van der Waals surface area contributed by atoms with E-state index >= 15 is 0 Å². The zero-order valence-corrected chi connectivity index (χ0v) is 10.2. The van der Waals surface area contributed by atoms with E-state index < -0.39 is 6.04 Å². The van der Waals surface area contributed by atoms with Crippen LogP contribution in [0.15, 0.2) is 36.7 Å². The number of ether oxygens (including phenoxy) is 1. The van der Waals surface area contributed by atoms with Gasteiger partial charge >= 0.3 is 5.97 Å². The minimum atomic E-state index is -0.431. The fourth-order valence-corrected chi connectivity index (χ4v) is 1.60. The Labute approximate surface area is 105 Å². The Morgan fingerprint density at radius 3 is 2.89 bits per heavy atom. The van der Waals surface area contributed by atoms with Gasteiger partial charge in [-0.3, -0.25) is 0 Å². The molecule has 18 heavy (non-hydrogen) atoms. The summed E-state index contributed by atoms with van der Waals surface area (Å²) in [6, 6.07) is 7.11. The molecule has 1 aromatic carbocycles. The number of carbonyl (C=O) groups is 1. The standard InChI is InChI=1S/C12H14N4O2/c1-9(12(17)18-2)14-10-5-3-4-6-11(10)16-8-7-13-15-16/h3-9,14H,1-2H3. The number of hydrogen-bond acceptors (Lipinski definition) is 5. The van der Waals surface area contributed by atoms with E-state index in [9.17, 15) is 4.79 Å². The summed E-state index contributed by atoms with van der Waals surface area (Å²) in [4.78, 5) is 11.4. The average molecular weight is 246 g/mol. The SMILES string of the molecule is COC(=O)C(C)Nc1ccccc1-n1ccnn1. The lowest BCUT2D eigenvalue weighted by Gasteiger charge is -2.15. The first-order chi connectivity index (χ1) is 8.72. The molecular weight excluding hydrogens is 232 g/mol. The largest absolute Gasteiger partial charge is 0.467 e. The second-order valence-electron chi connectivity index (χ2n) is 3.75. The van der Waals surface area contributed by atoms with Crippen LogP contribution in [0.3, 0.4) is 0 Å². The number of rotatable bonds is 4. The highest BCUT2D eigenvalue weighted by molar-refractivity contribution is 5.79. The molecule has 0 amide bonds. The van der Waals surface area contributed by atoms with Gasteiger partial charge in [0.1, 0.15) is 6.04 Å². The van der Waals surface area contributed by atoms with Crippen molar-refractivity contribution in [2.45, 2.75) is 13.0 Å². The highest BCUT2D eigenvalue weighted by atomic mass is 16.5. The molecule has 2 aromatic rings. The van der Waals surface area contributed by atoms with E-state index in [1.54, 1.807) is 24.0 Å². The first kappa shape index (κ1) is 12.1. The van der Waals surface area contributed by atoms with Crippen LogP contribution in [0.1, 0.15) is 6.92 Å². The smallest absolute Gasteiger partial charge is 0.327 e. The Balaban J connectivity index is 2.26. The van der Waals surface area contributed by atoms with Gasteiger partial charge in [-0.15, -0.1) is 5.10 Å². The maximum Gasteiger partial charge on any atom is 0.327 e. The van der Waals surface area contributed by atoms with Crippen LogP contribution in [0.25, 0.3) is 5.69 Å². The van der Waals surface area contributed by atoms with E-state index in [-0.39, 0.29) is 5.97 Å². The minimum Gasteiger partial charge on any atom is -0.467 e. The Morgan fingerprint density at radius 1 is 1.44 bits per heavy atom. The van der Waals surface area contributed by atoms with Crippen molar-refractivity contribution in [1.29, 1.82) is 0 Å². The number of aromatic nitrogens is 3. The minimum absolute atomic E-state index is 0.316. The van der Waals surface area contributed by atoms with E-state index in [0.717, 1.165) is 11.4 Å². The number of esters is 1. The Bertz CT molecular complexity index is 525. The lowest BCUT2D eigenvalue weighted by atomic mass is 10.2. The Morgan fingerprint density at radius 2 is 2.22 bits per heavy atom. The quantitative estimate of drug-likeness (QED) is 0.822. The molecule has 0 aliphatic heterocycles. The van der Waals surface area contributed by atoms with Gasteiger partial charge in [0.15, 0.2) is 0 Å². The molecule has 1 atom stereocenters. The monoisotopic (exact) mass is 246 g/mol. The summed E-state index contributed by atoms with van der Waals surface area (Å²) in [5.74, 6) is -0.316. The number of benzene rings is 1. The molecule has 0 saturated heterocycles. The highest BCUT2D eigenvalue weighted by Gasteiger charge is 2.14. The summed E-state index contributed by atoms with van der Waals surface area (Å²) in [5.41, 5.74) is 1.62. The summed E-state index contributed by atoms with van der Waals surface area (Å²) >= 11 is 0. The van der Waals surface area contributed by atoms with Crippen LogP contribution >= 0.6 is 0 Å². The number of nitrogens with zero attached hydrogens (tertiary/aromatic N) is 3. The summed E-state index contributed by atoms with van der Waals surface area (Å²) in [6.07, 6.45) is 3.34. The molecular formula is C12H14N4O2. The fraction of sp³-hybridized carbons (Fsp3) is 0.250. The van der Waals surface area contributed by atoms with Crippen molar-refractivity contribution in [3.05, 3.63) is 36.7 Å². The molecule has 0 aliphatic carbocycles. The van der Waals surface area contributed by atoms with Crippen LogP contribution in [-0.2, 0) is 9.53 Å². The van der Waals surface area contributed by atoms with Crippen molar-refractivity contribution in [3.8, 4) is 5.69 Å². The summed E-state index contributed by atoms with van der Waals surface area (Å²) in [5, 5.41) is 10.8. The highest BCUT2D eigenvalue weighted by Crippen LogP contribution is 2.19. The van der Waals surface area contributed by atoms with E-state index in [0.29, 0.717) is 0 Å². The topological polar surface area (TPSA) is 69.0 Å². The number of hydrogen-bond donors (Lipinski definition) is 1. The molecule has 6 heteroatoms. The number of carbonyl (C=O) groups excluding carboxylic acids is 1. The molecule has 6 nitrogen and oxygen atoms in total. The molecule has 1 N–H and O–H groups in total. The Kier molecular flexibility index (Phi) is 3.57. The molecule has 94 valence electrons. The summed E-state index contributed by atoms with van der Waals surface area (Å²) in [6.45, 7) is 1.74. The fourth-order valence-electron chi connectivity index (χ4n) is 1.60. The maximum atomic E-state index is 11.4. The lowest BCUT2D eigenvalue weighted by molar-refractivity contribution is -0.141. The van der Waals surface area contributed by atoms with E-state index in [1.165, 1.54) is 7.11 Å². The van der Waals surface area contributed by atoms with Crippen molar-refractivity contribution in [2.75, 3.05) is 12.4 Å². The average Bonchev–Trinajstić information content (AvgIpc) is 2.92. The van der Waals surface area contributed by atoms with Crippen molar-refractivity contribution in [3.63, 3.8) is 0 Å². The van der Waals surface area contributed by atoms with Gasteiger partial charge in [-0.05, 0) is 19.1 Å². The molecule has 0 radical (unpaired) electrons. The predicted molar refractivity (Wildman–Crippen MR) is 66.5 cm³/mol. The van der Waals surface area contributed by atoms with Crippen LogP contribution in [0.5, 0.6) is 0 Å². The van der Waals surface area contributed by atoms with Gasteiger partial charge in [0.05, 0.1) is 30.9 Å². The molecule has 1 unspecified atom stereocenters. The van der Waals surface area contributed by atoms with Crippen LogP contribution in [0, 0.1) is 0 Å². The van der Waals surface area contributed by atoms with Gasteiger partial charge in [0.25, 0.3) is 0 Å². The zero-order valence-electron chi connectivity index (χ0n) is 10.2. The second-order valence-corrected chi connectivity index (χ2v) is 3.75. The molecule has 0 spiro atoms. The zero-order chi connectivity index (χ0) is 13.0. The van der Waals surface area contributed by atoms with Gasteiger partial charge in [0.2, 0.25) is 0 Å². The maximum absolute atomic E-state index is 11.4. The number of methoxy groups -OCH3 is 1. The van der Waals surface area contributed by atoms with Crippen molar-refractivity contribution < 1.29 is 9.53 Å². The van der Waals surface area contributed by atoms with Gasteiger partial charge < -0.3 is 10.1 Å². The first-order valence-electron chi connectivity index (χ1n) is 5.52. The molecule has 2 rings (SSSR count). The number of nitrogens with one attached hydrogen (secondary N) is 1. The second kappa shape index (κ2) is 5.31. The molecule has 0 bridgehead atoms. The summed E-state index contributed by atoms with van der Waals surface area (Å²) in [7, 11) is 1.36. The number of anilines is 1. The van der Waals surface area contributed by atoms with Gasteiger partial charge in [-0.1, -0.05) is 17.3 Å². The van der Waals surface area contributed by atoms with E-state index in [1.807, 2.05) is 24.3 Å². The number of para-hydroxylation sites is 2. The van der Waals surface area contributed by atoms with Gasteiger partial charge in [-0.25, -0.2) is 9.48 Å². The molecule has 1 heterocycles. The van der Waals surface area contributed by atoms with Gasteiger partial charge in [-0.2, -0.15) is 0 Å². The molecule has 1 aromatic heterocycles. The van der Waals surface area contributed by atoms with E-state index in [2.05, 4.69) is 20.4 Å². The van der Waals surface area contributed by atoms with E-state index in [4.69, 9.17) is 0 Å². The third-order valence-electron chi connectivity index (χ3n) is 2.50. The first-order valence-corrected chi connectivity index (χ1v) is 5.52. The van der Waals surface area contributed by atoms with Crippen LogP contribution in [0.2, 0.25) is 0 Å². The summed E-state index contributed by atoms with van der Waals surface area (Å²) < 4.78 is 6.31.